The summed E-state index contributed by atoms with van der Waals surface area (Å²) in [6.07, 6.45) is 8.64. The molecule has 10 heteroatoms. The first-order chi connectivity index (χ1) is 16.9. The molecule has 10 nitrogen and oxygen atoms in total. The second-order valence-electron chi connectivity index (χ2n) is 8.52. The van der Waals surface area contributed by atoms with Crippen molar-refractivity contribution in [2.45, 2.75) is 64.1 Å². The summed E-state index contributed by atoms with van der Waals surface area (Å²) in [5.41, 5.74) is 7.42. The van der Waals surface area contributed by atoms with E-state index in [1.54, 1.807) is 32.7 Å². The number of carbonyl (C=O) groups is 2. The van der Waals surface area contributed by atoms with Crippen LogP contribution in [0.15, 0.2) is 35.8 Å². The van der Waals surface area contributed by atoms with Crippen molar-refractivity contribution < 1.29 is 19.4 Å². The lowest BCUT2D eigenvalue weighted by Crippen LogP contribution is -2.40. The maximum Gasteiger partial charge on any atom is 0.188 e. The van der Waals surface area contributed by atoms with Crippen LogP contribution >= 0.6 is 0 Å². The first-order valence-corrected chi connectivity index (χ1v) is 11.9. The highest BCUT2D eigenvalue weighted by atomic mass is 16.5. The number of aromatic nitrogens is 2. The monoisotopic (exact) mass is 486 g/mol. The number of nitrogens with zero attached hydrogens (tertiary/aromatic N) is 3. The van der Waals surface area contributed by atoms with Crippen molar-refractivity contribution in [1.29, 1.82) is 0 Å². The molecule has 0 aliphatic carbocycles. The fourth-order valence-corrected chi connectivity index (χ4v) is 3.87. The summed E-state index contributed by atoms with van der Waals surface area (Å²) < 4.78 is 7.22. The zero-order valence-electron chi connectivity index (χ0n) is 20.9. The molecule has 1 aromatic heterocycles. The molecule has 0 saturated carbocycles. The number of aliphatic imine (C=N–C) groups is 1. The molecule has 5 N–H and O–H groups in total. The fraction of sp³-hybridized carbons (Fsp3) is 0.520. The predicted molar refractivity (Wildman–Crippen MR) is 136 cm³/mol. The van der Waals surface area contributed by atoms with Crippen molar-refractivity contribution in [3.05, 3.63) is 42.0 Å². The van der Waals surface area contributed by atoms with Crippen LogP contribution in [0.1, 0.15) is 49.7 Å². The van der Waals surface area contributed by atoms with Gasteiger partial charge in [0.2, 0.25) is 0 Å². The van der Waals surface area contributed by atoms with Crippen LogP contribution in [0.5, 0.6) is 11.5 Å². The van der Waals surface area contributed by atoms with Crippen molar-refractivity contribution in [2.75, 3.05) is 21.2 Å². The zero-order chi connectivity index (χ0) is 25.6. The average molecular weight is 487 g/mol. The summed E-state index contributed by atoms with van der Waals surface area (Å²) in [7, 11) is 4.91. The van der Waals surface area contributed by atoms with Gasteiger partial charge >= 0.3 is 0 Å². The minimum Gasteiger partial charge on any atom is -0.504 e. The first kappa shape index (κ1) is 27.8. The van der Waals surface area contributed by atoms with Crippen LogP contribution in [0.2, 0.25) is 0 Å². The normalized spacial score (nSPS) is 12.4. The third kappa shape index (κ3) is 9.78. The molecule has 0 saturated heterocycles. The standard InChI is InChI=1S/C25H38N6O4/c1-27-16-19-13-18(14-23(35-3)24(19)34)7-8-22(33)15-21(32)6-4-5-20(30-25(26)28-2)9-11-31-12-10-29-17-31/h10,12-14,17,20,27,34H,4-9,11,15-16H2,1-3H3,(H3,26,28,30)/t20-/m1/s1. The fourth-order valence-electron chi connectivity index (χ4n) is 3.87. The number of Topliss-reactive ketones (excluding diaryl/α,β-unsaturated/α-hetero) is 2. The Kier molecular flexibility index (Phi) is 11.8. The number of ketones is 2. The molecule has 0 unspecified atom stereocenters. The van der Waals surface area contributed by atoms with Crippen molar-refractivity contribution in [2.24, 2.45) is 10.7 Å². The highest BCUT2D eigenvalue weighted by Gasteiger charge is 2.15. The summed E-state index contributed by atoms with van der Waals surface area (Å²) in [5, 5.41) is 16.4. The Balaban J connectivity index is 1.79. The number of hydrogen-bond donors (Lipinski definition) is 4. The molecule has 1 atom stereocenters. The lowest BCUT2D eigenvalue weighted by Gasteiger charge is -2.19. The number of nitrogens with two attached hydrogens (primary N) is 1. The third-order valence-electron chi connectivity index (χ3n) is 5.78. The maximum absolute atomic E-state index is 12.4. The van der Waals surface area contributed by atoms with Gasteiger partial charge in [0.1, 0.15) is 11.6 Å². The van der Waals surface area contributed by atoms with Gasteiger partial charge in [0.15, 0.2) is 17.5 Å². The maximum atomic E-state index is 12.4. The number of phenolic OH excluding ortho intramolecular Hbond substituents is 1. The highest BCUT2D eigenvalue weighted by Crippen LogP contribution is 2.32. The van der Waals surface area contributed by atoms with Gasteiger partial charge in [-0.1, -0.05) is 6.07 Å². The Hall–Kier alpha value is -3.40. The molecule has 0 aliphatic heterocycles. The molecule has 0 radical (unpaired) electrons. The van der Waals surface area contributed by atoms with Gasteiger partial charge in [0, 0.05) is 57.0 Å². The number of phenols is 1. The van der Waals surface area contributed by atoms with E-state index in [2.05, 4.69) is 20.6 Å². The number of methoxy groups -OCH3 is 1. The number of aromatic hydroxyl groups is 1. The molecule has 0 aliphatic rings. The van der Waals surface area contributed by atoms with E-state index in [0.717, 1.165) is 24.9 Å². The Bertz CT molecular complexity index is 975. The number of hydrogen-bond acceptors (Lipinski definition) is 7. The topological polar surface area (TPSA) is 144 Å². The van der Waals surface area contributed by atoms with Crippen LogP contribution in [-0.4, -0.2) is 59.4 Å². The van der Waals surface area contributed by atoms with Gasteiger partial charge in [-0.2, -0.15) is 0 Å². The molecule has 35 heavy (non-hydrogen) atoms. The van der Waals surface area contributed by atoms with Gasteiger partial charge < -0.3 is 30.8 Å². The zero-order valence-corrected chi connectivity index (χ0v) is 20.9. The van der Waals surface area contributed by atoms with Gasteiger partial charge in [-0.25, -0.2) is 4.98 Å². The van der Waals surface area contributed by atoms with Crippen LogP contribution in [0.4, 0.5) is 0 Å². The summed E-state index contributed by atoms with van der Waals surface area (Å²) in [5.74, 6) is 0.693. The molecule has 192 valence electrons. The predicted octanol–water partition coefficient (Wildman–Crippen LogP) is 1.94. The van der Waals surface area contributed by atoms with Crippen molar-refractivity contribution >= 4 is 17.5 Å². The lowest BCUT2D eigenvalue weighted by molar-refractivity contribution is -0.127. The quantitative estimate of drug-likeness (QED) is 0.160. The van der Waals surface area contributed by atoms with Crippen LogP contribution in [0, 0.1) is 0 Å². The second-order valence-corrected chi connectivity index (χ2v) is 8.52. The van der Waals surface area contributed by atoms with E-state index in [-0.39, 0.29) is 36.2 Å². The van der Waals surface area contributed by atoms with E-state index in [9.17, 15) is 14.7 Å². The molecule has 0 fully saturated rings. The van der Waals surface area contributed by atoms with E-state index in [0.29, 0.717) is 43.1 Å². The number of rotatable bonds is 16. The number of aryl methyl sites for hydroxylation is 2. The van der Waals surface area contributed by atoms with Crippen LogP contribution in [0.25, 0.3) is 0 Å². The van der Waals surface area contributed by atoms with Crippen LogP contribution < -0.4 is 21.1 Å². The van der Waals surface area contributed by atoms with Gasteiger partial charge in [0.25, 0.3) is 0 Å². The van der Waals surface area contributed by atoms with E-state index < -0.39 is 0 Å². The van der Waals surface area contributed by atoms with E-state index in [1.807, 2.05) is 16.8 Å². The van der Waals surface area contributed by atoms with Gasteiger partial charge in [-0.05, 0) is 44.4 Å². The van der Waals surface area contributed by atoms with E-state index in [4.69, 9.17) is 10.5 Å². The Morgan fingerprint density at radius 3 is 2.69 bits per heavy atom. The van der Waals surface area contributed by atoms with E-state index in [1.165, 1.54) is 7.11 Å². The number of benzene rings is 1. The highest BCUT2D eigenvalue weighted by molar-refractivity contribution is 5.99. The average Bonchev–Trinajstić information content (AvgIpc) is 3.36. The van der Waals surface area contributed by atoms with E-state index >= 15 is 0 Å². The molecule has 1 heterocycles. The second kappa shape index (κ2) is 14.8. The van der Waals surface area contributed by atoms with Crippen molar-refractivity contribution in [3.8, 4) is 11.5 Å². The molecule has 0 spiro atoms. The largest absolute Gasteiger partial charge is 0.504 e. The SMILES string of the molecule is CN=C(N)N[C@H](CCCC(=O)CC(=O)CCc1cc(CNC)c(O)c(OC)c1)CCn1ccnc1. The number of guanidine groups is 1. The molecular weight excluding hydrogens is 448 g/mol. The Labute approximate surface area is 207 Å². The minimum absolute atomic E-state index is 0.0559. The van der Waals surface area contributed by atoms with Gasteiger partial charge in [-0.15, -0.1) is 0 Å². The smallest absolute Gasteiger partial charge is 0.188 e. The Morgan fingerprint density at radius 1 is 1.26 bits per heavy atom. The van der Waals surface area contributed by atoms with Crippen molar-refractivity contribution in [1.82, 2.24) is 20.2 Å². The lowest BCUT2D eigenvalue weighted by atomic mass is 9.99. The molecular formula is C25H38N6O4. The van der Waals surface area contributed by atoms with Gasteiger partial charge in [-0.3, -0.25) is 14.6 Å². The minimum atomic E-state index is -0.0886. The Morgan fingerprint density at radius 2 is 2.03 bits per heavy atom. The van der Waals surface area contributed by atoms with Crippen molar-refractivity contribution in [3.63, 3.8) is 0 Å². The first-order valence-electron chi connectivity index (χ1n) is 11.9. The summed E-state index contributed by atoms with van der Waals surface area (Å²) >= 11 is 0. The third-order valence-corrected chi connectivity index (χ3v) is 5.78. The molecule has 2 rings (SSSR count). The molecule has 2 aromatic rings. The number of ether oxygens (including phenoxy) is 1. The molecule has 0 bridgehead atoms. The summed E-state index contributed by atoms with van der Waals surface area (Å²) in [6.45, 7) is 1.26. The van der Waals surface area contributed by atoms with Crippen LogP contribution in [-0.2, 0) is 29.1 Å². The number of imidazole rings is 1. The van der Waals surface area contributed by atoms with Gasteiger partial charge in [0.05, 0.1) is 19.9 Å². The van der Waals surface area contributed by atoms with Crippen LogP contribution in [0.3, 0.4) is 0 Å². The molecule has 1 aromatic carbocycles. The number of nitrogens with one attached hydrogen (secondary N) is 2. The molecule has 0 amide bonds. The summed E-state index contributed by atoms with van der Waals surface area (Å²) in [6, 6.07) is 3.65. The summed E-state index contributed by atoms with van der Waals surface area (Å²) in [4.78, 5) is 32.8. The number of carbonyl (C=O) groups excluding carboxylic acids is 2.